The average Bonchev–Trinajstić information content (AvgIpc) is 2.34. The maximum atomic E-state index is 13.2. The lowest BCUT2D eigenvalue weighted by molar-refractivity contribution is 0.104. The van der Waals surface area contributed by atoms with E-state index in [2.05, 4.69) is 0 Å². The molecule has 0 N–H and O–H groups in total. The fourth-order valence-corrected chi connectivity index (χ4v) is 1.34. The number of benzene rings is 1. The van der Waals surface area contributed by atoms with Gasteiger partial charge >= 0.3 is 0 Å². The number of allylic oxidation sites excluding steroid dienone is 1. The van der Waals surface area contributed by atoms with Crippen LogP contribution in [0.5, 0.6) is 5.75 Å². The number of ketones is 1. The van der Waals surface area contributed by atoms with Crippen molar-refractivity contribution >= 4 is 5.78 Å². The SMILES string of the molecule is CCCOc1ccc(F)cc1C(=O)C=CN(C)C. The van der Waals surface area contributed by atoms with E-state index < -0.39 is 5.82 Å². The molecule has 0 saturated heterocycles. The molecule has 0 aromatic heterocycles. The number of nitrogens with zero attached hydrogens (tertiary/aromatic N) is 1. The Balaban J connectivity index is 2.97. The number of ether oxygens (including phenoxy) is 1. The second kappa shape index (κ2) is 6.79. The van der Waals surface area contributed by atoms with E-state index in [0.717, 1.165) is 6.42 Å². The lowest BCUT2D eigenvalue weighted by Gasteiger charge is -2.09. The highest BCUT2D eigenvalue weighted by Gasteiger charge is 2.11. The van der Waals surface area contributed by atoms with E-state index in [1.54, 1.807) is 11.1 Å². The standard InChI is InChI=1S/C14H18FNO2/c1-4-9-18-14-6-5-11(15)10-12(14)13(17)7-8-16(2)3/h5-8,10H,4,9H2,1-3H3. The number of carbonyl (C=O) groups excluding carboxylic acids is 1. The Morgan fingerprint density at radius 1 is 1.44 bits per heavy atom. The van der Waals surface area contributed by atoms with Crippen molar-refractivity contribution in [3.05, 3.63) is 41.9 Å². The number of rotatable bonds is 6. The van der Waals surface area contributed by atoms with Crippen molar-refractivity contribution < 1.29 is 13.9 Å². The fraction of sp³-hybridized carbons (Fsp3) is 0.357. The number of halogens is 1. The fourth-order valence-electron chi connectivity index (χ4n) is 1.34. The molecule has 0 unspecified atom stereocenters. The maximum absolute atomic E-state index is 13.2. The molecule has 0 aliphatic carbocycles. The Morgan fingerprint density at radius 3 is 2.78 bits per heavy atom. The zero-order chi connectivity index (χ0) is 13.5. The summed E-state index contributed by atoms with van der Waals surface area (Å²) in [5.41, 5.74) is 0.251. The minimum absolute atomic E-state index is 0.251. The predicted molar refractivity (Wildman–Crippen MR) is 69.3 cm³/mol. The molecule has 0 spiro atoms. The summed E-state index contributed by atoms with van der Waals surface area (Å²) in [6.07, 6.45) is 3.85. The summed E-state index contributed by atoms with van der Waals surface area (Å²) in [5.74, 6) is -0.290. The normalized spacial score (nSPS) is 10.7. The van der Waals surface area contributed by atoms with Crippen LogP contribution in [0.3, 0.4) is 0 Å². The predicted octanol–water partition coefficient (Wildman–Crippen LogP) is 2.87. The van der Waals surface area contributed by atoms with Gasteiger partial charge in [0.25, 0.3) is 0 Å². The smallest absolute Gasteiger partial charge is 0.191 e. The second-order valence-electron chi connectivity index (χ2n) is 4.13. The van der Waals surface area contributed by atoms with Crippen LogP contribution in [-0.4, -0.2) is 31.4 Å². The van der Waals surface area contributed by atoms with Crippen LogP contribution in [0.25, 0.3) is 0 Å². The van der Waals surface area contributed by atoms with Crippen molar-refractivity contribution in [1.82, 2.24) is 4.90 Å². The van der Waals surface area contributed by atoms with Gasteiger partial charge in [-0.15, -0.1) is 0 Å². The van der Waals surface area contributed by atoms with E-state index in [1.807, 2.05) is 21.0 Å². The third-order valence-corrected chi connectivity index (χ3v) is 2.19. The van der Waals surface area contributed by atoms with Crippen LogP contribution in [-0.2, 0) is 0 Å². The second-order valence-corrected chi connectivity index (χ2v) is 4.13. The van der Waals surface area contributed by atoms with Crippen LogP contribution in [0.2, 0.25) is 0 Å². The molecule has 98 valence electrons. The van der Waals surface area contributed by atoms with Gasteiger partial charge in [0.2, 0.25) is 0 Å². The van der Waals surface area contributed by atoms with Crippen molar-refractivity contribution in [3.63, 3.8) is 0 Å². The Labute approximate surface area is 107 Å². The molecule has 0 bridgehead atoms. The summed E-state index contributed by atoms with van der Waals surface area (Å²) < 4.78 is 18.6. The molecule has 0 heterocycles. The first-order chi connectivity index (χ1) is 8.54. The van der Waals surface area contributed by atoms with E-state index in [0.29, 0.717) is 12.4 Å². The lowest BCUT2D eigenvalue weighted by Crippen LogP contribution is -2.06. The molecule has 1 rings (SSSR count). The highest BCUT2D eigenvalue weighted by molar-refractivity contribution is 6.06. The first-order valence-corrected chi connectivity index (χ1v) is 5.86. The van der Waals surface area contributed by atoms with Gasteiger partial charge in [-0.25, -0.2) is 4.39 Å². The molecule has 0 amide bonds. The Morgan fingerprint density at radius 2 is 2.17 bits per heavy atom. The average molecular weight is 251 g/mol. The topological polar surface area (TPSA) is 29.5 Å². The van der Waals surface area contributed by atoms with Gasteiger partial charge < -0.3 is 9.64 Å². The molecule has 0 saturated carbocycles. The molecular weight excluding hydrogens is 233 g/mol. The zero-order valence-electron chi connectivity index (χ0n) is 10.9. The molecule has 3 nitrogen and oxygen atoms in total. The summed E-state index contributed by atoms with van der Waals surface area (Å²) in [5, 5.41) is 0. The Bertz CT molecular complexity index is 441. The van der Waals surface area contributed by atoms with Crippen LogP contribution >= 0.6 is 0 Å². The highest BCUT2D eigenvalue weighted by Crippen LogP contribution is 2.21. The zero-order valence-corrected chi connectivity index (χ0v) is 10.9. The molecule has 1 aromatic rings. The minimum atomic E-state index is -0.444. The van der Waals surface area contributed by atoms with Gasteiger partial charge in [0.15, 0.2) is 5.78 Å². The monoisotopic (exact) mass is 251 g/mol. The summed E-state index contributed by atoms with van der Waals surface area (Å²) in [7, 11) is 3.62. The van der Waals surface area contributed by atoms with Gasteiger partial charge in [-0.3, -0.25) is 4.79 Å². The molecule has 18 heavy (non-hydrogen) atoms. The molecule has 0 atom stereocenters. The van der Waals surface area contributed by atoms with E-state index >= 15 is 0 Å². The third kappa shape index (κ3) is 4.20. The quantitative estimate of drug-likeness (QED) is 0.575. The number of carbonyl (C=O) groups is 1. The summed E-state index contributed by atoms with van der Waals surface area (Å²) in [6, 6.07) is 3.98. The maximum Gasteiger partial charge on any atom is 0.191 e. The van der Waals surface area contributed by atoms with E-state index in [1.165, 1.54) is 24.3 Å². The van der Waals surface area contributed by atoms with E-state index in [9.17, 15) is 9.18 Å². The minimum Gasteiger partial charge on any atom is -0.493 e. The molecule has 0 radical (unpaired) electrons. The Hall–Kier alpha value is -1.84. The van der Waals surface area contributed by atoms with E-state index in [4.69, 9.17) is 4.74 Å². The van der Waals surface area contributed by atoms with Crippen molar-refractivity contribution in [2.45, 2.75) is 13.3 Å². The van der Waals surface area contributed by atoms with Gasteiger partial charge in [-0.2, -0.15) is 0 Å². The first kappa shape index (κ1) is 14.2. The molecule has 4 heteroatoms. The van der Waals surface area contributed by atoms with Crippen molar-refractivity contribution in [2.24, 2.45) is 0 Å². The molecular formula is C14H18FNO2. The summed E-state index contributed by atoms with van der Waals surface area (Å²) in [6.45, 7) is 2.47. The van der Waals surface area contributed by atoms with Gasteiger partial charge in [-0.05, 0) is 24.6 Å². The number of hydrogen-bond acceptors (Lipinski definition) is 3. The molecule has 0 aliphatic heterocycles. The molecule has 1 aromatic carbocycles. The highest BCUT2D eigenvalue weighted by atomic mass is 19.1. The molecule has 0 fully saturated rings. The lowest BCUT2D eigenvalue weighted by atomic mass is 10.1. The van der Waals surface area contributed by atoms with Gasteiger partial charge in [0.05, 0.1) is 12.2 Å². The molecule has 0 aliphatic rings. The van der Waals surface area contributed by atoms with Gasteiger partial charge in [0, 0.05) is 26.4 Å². The van der Waals surface area contributed by atoms with Crippen molar-refractivity contribution in [1.29, 1.82) is 0 Å². The largest absolute Gasteiger partial charge is 0.493 e. The van der Waals surface area contributed by atoms with Crippen LogP contribution in [0.1, 0.15) is 23.7 Å². The van der Waals surface area contributed by atoms with E-state index in [-0.39, 0.29) is 11.3 Å². The summed E-state index contributed by atoms with van der Waals surface area (Å²) in [4.78, 5) is 13.7. The van der Waals surface area contributed by atoms with Crippen LogP contribution < -0.4 is 4.74 Å². The summed E-state index contributed by atoms with van der Waals surface area (Å²) >= 11 is 0. The number of hydrogen-bond donors (Lipinski definition) is 0. The Kier molecular flexibility index (Phi) is 5.36. The van der Waals surface area contributed by atoms with Gasteiger partial charge in [-0.1, -0.05) is 6.92 Å². The van der Waals surface area contributed by atoms with Crippen LogP contribution in [0.4, 0.5) is 4.39 Å². The van der Waals surface area contributed by atoms with Gasteiger partial charge in [0.1, 0.15) is 11.6 Å². The van der Waals surface area contributed by atoms with Crippen LogP contribution in [0.15, 0.2) is 30.5 Å². The van der Waals surface area contributed by atoms with Crippen molar-refractivity contribution in [2.75, 3.05) is 20.7 Å². The van der Waals surface area contributed by atoms with Crippen LogP contribution in [0, 0.1) is 5.82 Å². The first-order valence-electron chi connectivity index (χ1n) is 5.86. The van der Waals surface area contributed by atoms with Crippen molar-refractivity contribution in [3.8, 4) is 5.75 Å². The third-order valence-electron chi connectivity index (χ3n) is 2.19.